The van der Waals surface area contributed by atoms with Crippen molar-refractivity contribution >= 4 is 11.4 Å². The molecule has 0 aliphatic carbocycles. The Hall–Kier alpha value is -3.87. The molecule has 2 nitrogen and oxygen atoms in total. The van der Waals surface area contributed by atoms with Gasteiger partial charge in [0.15, 0.2) is 0 Å². The minimum atomic E-state index is -0.670. The fraction of sp³-hybridized carbons (Fsp3) is 0.250. The molecule has 47 heavy (non-hydrogen) atoms. The first-order chi connectivity index (χ1) is 22.3. The smallest absolute Gasteiger partial charge is 0.392 e. The second kappa shape index (κ2) is 21.1. The zero-order chi connectivity index (χ0) is 33.3. The summed E-state index contributed by atoms with van der Waals surface area (Å²) < 4.78 is 53.4. The van der Waals surface area contributed by atoms with Crippen molar-refractivity contribution in [2.75, 3.05) is 9.80 Å². The summed E-state index contributed by atoms with van der Waals surface area (Å²) in [5.74, 6) is -2.63. The van der Waals surface area contributed by atoms with E-state index in [2.05, 4.69) is 36.4 Å². The second-order valence-electron chi connectivity index (χ2n) is 10.5. The van der Waals surface area contributed by atoms with Crippen molar-refractivity contribution in [3.63, 3.8) is 0 Å². The van der Waals surface area contributed by atoms with E-state index in [9.17, 15) is 17.6 Å². The molecule has 0 saturated carbocycles. The molecule has 2 unspecified atom stereocenters. The number of halogens is 4. The molecule has 2 aliphatic rings. The Morgan fingerprint density at radius 2 is 0.957 bits per heavy atom. The molecule has 6 rings (SSSR count). The average Bonchev–Trinajstić information content (AvgIpc) is 3.85. The molecule has 4 aromatic carbocycles. The molecular weight excluding hydrogens is 632 g/mol. The third kappa shape index (κ3) is 12.3. The van der Waals surface area contributed by atoms with E-state index in [1.165, 1.54) is 24.3 Å². The molecule has 2 atom stereocenters. The molecule has 4 aromatic rings. The Kier molecular flexibility index (Phi) is 17.6. The van der Waals surface area contributed by atoms with Gasteiger partial charge in [0.25, 0.3) is 0 Å². The molecule has 0 fully saturated rings. The zero-order valence-corrected chi connectivity index (χ0v) is 29.0. The fourth-order valence-electron chi connectivity index (χ4n) is 4.78. The number of benzene rings is 2. The topological polar surface area (TPSA) is 6.48 Å². The molecule has 0 N–H and O–H groups in total. The van der Waals surface area contributed by atoms with Crippen LogP contribution in [0.5, 0.6) is 0 Å². The molecule has 0 bridgehead atoms. The number of anilines is 2. The fourth-order valence-corrected chi connectivity index (χ4v) is 4.78. The summed E-state index contributed by atoms with van der Waals surface area (Å²) in [7, 11) is 0. The Bertz CT molecular complexity index is 1400. The summed E-state index contributed by atoms with van der Waals surface area (Å²) in [5.41, 5.74) is 3.00. The van der Waals surface area contributed by atoms with Crippen LogP contribution in [0.25, 0.3) is 0 Å². The minimum Gasteiger partial charge on any atom is -0.392 e. The van der Waals surface area contributed by atoms with Gasteiger partial charge in [-0.15, -0.1) is 36.4 Å². The molecule has 244 valence electrons. The third-order valence-corrected chi connectivity index (χ3v) is 7.39. The van der Waals surface area contributed by atoms with Gasteiger partial charge in [-0.2, -0.15) is 36.4 Å². The normalized spacial score (nSPS) is 16.3. The molecule has 0 spiro atoms. The van der Waals surface area contributed by atoms with Crippen LogP contribution >= 0.6 is 0 Å². The van der Waals surface area contributed by atoms with E-state index in [1.807, 2.05) is 111 Å². The van der Waals surface area contributed by atoms with Crippen LogP contribution in [-0.2, 0) is 21.7 Å². The summed E-state index contributed by atoms with van der Waals surface area (Å²) in [6.07, 6.45) is 15.6. The van der Waals surface area contributed by atoms with E-state index >= 15 is 0 Å². The number of allylic oxidation sites excluding steroid dienone is 4. The van der Waals surface area contributed by atoms with Gasteiger partial charge in [-0.25, -0.2) is 41.8 Å². The van der Waals surface area contributed by atoms with Crippen molar-refractivity contribution in [3.05, 3.63) is 168 Å². The summed E-state index contributed by atoms with van der Waals surface area (Å²) >= 11 is 0. The number of hydrogen-bond donors (Lipinski definition) is 0. The predicted molar refractivity (Wildman–Crippen MR) is 183 cm³/mol. The van der Waals surface area contributed by atoms with E-state index in [0.29, 0.717) is 11.4 Å². The molecule has 0 saturated heterocycles. The molecule has 0 amide bonds. The summed E-state index contributed by atoms with van der Waals surface area (Å²) in [5, 5.41) is 0. The van der Waals surface area contributed by atoms with Crippen molar-refractivity contribution in [3.8, 4) is 0 Å². The third-order valence-electron chi connectivity index (χ3n) is 7.39. The van der Waals surface area contributed by atoms with Crippen molar-refractivity contribution in [2.24, 2.45) is 0 Å². The van der Waals surface area contributed by atoms with Crippen molar-refractivity contribution in [2.45, 2.75) is 65.5 Å². The van der Waals surface area contributed by atoms with Gasteiger partial charge in [0.05, 0.1) is 0 Å². The molecule has 0 aromatic heterocycles. The van der Waals surface area contributed by atoms with Gasteiger partial charge in [0.1, 0.15) is 0 Å². The van der Waals surface area contributed by atoms with Crippen molar-refractivity contribution in [1.82, 2.24) is 0 Å². The van der Waals surface area contributed by atoms with Gasteiger partial charge in [-0.05, 0) is 60.6 Å². The number of rotatable bonds is 6. The van der Waals surface area contributed by atoms with Crippen LogP contribution in [0.1, 0.15) is 53.4 Å². The monoisotopic (exact) mass is 674 g/mol. The van der Waals surface area contributed by atoms with Crippen molar-refractivity contribution < 1.29 is 39.3 Å². The molecule has 0 radical (unpaired) electrons. The summed E-state index contributed by atoms with van der Waals surface area (Å²) in [6, 6.07) is 29.8. The van der Waals surface area contributed by atoms with Gasteiger partial charge in [0.2, 0.25) is 0 Å². The maximum atomic E-state index is 13.8. The van der Waals surface area contributed by atoms with E-state index < -0.39 is 23.3 Å². The maximum absolute atomic E-state index is 13.8. The maximum Gasteiger partial charge on any atom is 4.00 e. The van der Waals surface area contributed by atoms with Crippen LogP contribution in [-0.4, -0.2) is 12.1 Å². The van der Waals surface area contributed by atoms with E-state index in [1.54, 1.807) is 0 Å². The van der Waals surface area contributed by atoms with Crippen LogP contribution in [0.15, 0.2) is 133 Å². The number of nitrogens with zero attached hydrogens (tertiary/aromatic N) is 2. The van der Waals surface area contributed by atoms with Crippen LogP contribution < -0.4 is 9.80 Å². The van der Waals surface area contributed by atoms with Crippen LogP contribution in [0, 0.1) is 35.4 Å². The standard InChI is InChI=1S/2C15H16F2N.2C5H5.Ti/c2*1-3-11-5-7-13(4-2)18(10-11)15-8-6-12(16)9-14(15)17;2*1-2-4-5-3-1;/h2*5-8,10,13H,3-4H2,1-2H3;2*1-5H;/q4*-1;+4. The molecule has 7 heteroatoms. The first kappa shape index (κ1) is 39.3. The van der Waals surface area contributed by atoms with Gasteiger partial charge in [0, 0.05) is 35.4 Å². The first-order valence-corrected chi connectivity index (χ1v) is 15.7. The Labute approximate surface area is 293 Å². The van der Waals surface area contributed by atoms with E-state index in [4.69, 9.17) is 0 Å². The molecular formula is C40H42F4N2Ti. The largest absolute Gasteiger partial charge is 4.00 e. The van der Waals surface area contributed by atoms with Gasteiger partial charge in [-0.1, -0.05) is 52.0 Å². The van der Waals surface area contributed by atoms with Crippen LogP contribution in [0.3, 0.4) is 0 Å². The predicted octanol–water partition coefficient (Wildman–Crippen LogP) is 11.2. The summed E-state index contributed by atoms with van der Waals surface area (Å²) in [4.78, 5) is 3.70. The van der Waals surface area contributed by atoms with Crippen LogP contribution in [0.2, 0.25) is 0 Å². The Morgan fingerprint density at radius 3 is 1.21 bits per heavy atom. The molecule has 2 heterocycles. The SMILES string of the molecule is CCC1=CN(c2ccc(F)[c-]c2F)C(CC)C=C1.CCC1=CN(c2ccc(F)[c-]c2F)C(CC)C=C1.[Ti+4].c1cc[cH-]c1.c1cc[cH-]c1. The van der Waals surface area contributed by atoms with E-state index in [-0.39, 0.29) is 33.8 Å². The van der Waals surface area contributed by atoms with Crippen LogP contribution in [0.4, 0.5) is 28.9 Å². The van der Waals surface area contributed by atoms with Gasteiger partial charge < -0.3 is 9.80 Å². The Balaban J connectivity index is 0.000000248. The number of hydrogen-bond acceptors (Lipinski definition) is 2. The quantitative estimate of drug-likeness (QED) is 0.114. The minimum absolute atomic E-state index is 0. The van der Waals surface area contributed by atoms with Gasteiger partial charge in [-0.3, -0.25) is 0 Å². The first-order valence-electron chi connectivity index (χ1n) is 15.7. The second-order valence-corrected chi connectivity index (χ2v) is 10.5. The Morgan fingerprint density at radius 1 is 0.596 bits per heavy atom. The van der Waals surface area contributed by atoms with E-state index in [0.717, 1.165) is 36.8 Å². The molecule has 2 aliphatic heterocycles. The van der Waals surface area contributed by atoms with Gasteiger partial charge >= 0.3 is 21.7 Å². The average molecular weight is 675 g/mol. The summed E-state index contributed by atoms with van der Waals surface area (Å²) in [6.45, 7) is 8.18. The zero-order valence-electron chi connectivity index (χ0n) is 27.4. The van der Waals surface area contributed by atoms with Crippen molar-refractivity contribution in [1.29, 1.82) is 0 Å².